The summed E-state index contributed by atoms with van der Waals surface area (Å²) < 4.78 is 0. The number of likely N-dealkylation sites (tertiary alicyclic amines) is 1. The van der Waals surface area contributed by atoms with Crippen molar-refractivity contribution in [3.8, 4) is 0 Å². The number of rotatable bonds is 1. The molecule has 1 saturated heterocycles. The minimum atomic E-state index is 0. The van der Waals surface area contributed by atoms with Crippen LogP contribution in [0.1, 0.15) is 12.8 Å². The van der Waals surface area contributed by atoms with E-state index < -0.39 is 0 Å². The molecule has 54 valence electrons. The summed E-state index contributed by atoms with van der Waals surface area (Å²) in [4.78, 5) is 2.28. The Bertz CT molecular complexity index is 81.7. The maximum absolute atomic E-state index is 10.4. The summed E-state index contributed by atoms with van der Waals surface area (Å²) in [7, 11) is 2.11. The van der Waals surface area contributed by atoms with E-state index in [-0.39, 0.29) is 58.0 Å². The van der Waals surface area contributed by atoms with E-state index in [1.165, 1.54) is 0 Å². The van der Waals surface area contributed by atoms with Gasteiger partial charge < -0.3 is 10.0 Å². The summed E-state index contributed by atoms with van der Waals surface area (Å²) in [5, 5.41) is 10.4. The van der Waals surface area contributed by atoms with Crippen LogP contribution in [0.3, 0.4) is 0 Å². The first kappa shape index (κ1) is 11.6. The molecule has 0 radical (unpaired) electrons. The average molecular weight is 167 g/mol. The van der Waals surface area contributed by atoms with Crippen LogP contribution in [0.15, 0.2) is 0 Å². The van der Waals surface area contributed by atoms with Crippen molar-refractivity contribution in [2.45, 2.75) is 12.8 Å². The van der Waals surface area contributed by atoms with E-state index in [9.17, 15) is 5.11 Å². The minimum absolute atomic E-state index is 0. The predicted octanol–water partition coefficient (Wildman–Crippen LogP) is -3.31. The van der Waals surface area contributed by atoms with Crippen LogP contribution in [0.2, 0.25) is 0 Å². The number of nitrogens with zero attached hydrogens (tertiary/aromatic N) is 1. The monoisotopic (exact) mass is 167 g/mol. The number of piperidine rings is 1. The summed E-state index contributed by atoms with van der Waals surface area (Å²) in [5.74, 6) is 0.473. The quantitative estimate of drug-likeness (QED) is 0.382. The van der Waals surface area contributed by atoms with Gasteiger partial charge in [0.1, 0.15) is 0 Å². The van der Waals surface area contributed by atoms with Gasteiger partial charge in [-0.2, -0.15) is 0 Å². The Balaban J connectivity index is 0.000000810. The molecule has 0 aliphatic carbocycles. The van der Waals surface area contributed by atoms with Gasteiger partial charge in [0.25, 0.3) is 0 Å². The molecule has 0 atom stereocenters. The van der Waals surface area contributed by atoms with Gasteiger partial charge in [-0.25, -0.2) is 0 Å². The van der Waals surface area contributed by atoms with Crippen LogP contribution in [-0.4, -0.2) is 31.6 Å². The number of hydrogen-bond acceptors (Lipinski definition) is 2. The summed E-state index contributed by atoms with van der Waals surface area (Å²) in [5.41, 5.74) is 0. The van der Waals surface area contributed by atoms with Crippen LogP contribution < -0.4 is 56.5 Å². The molecule has 0 N–H and O–H groups in total. The van der Waals surface area contributed by atoms with Crippen molar-refractivity contribution in [2.75, 3.05) is 26.7 Å². The van der Waals surface area contributed by atoms with E-state index in [0.717, 1.165) is 25.9 Å². The number of hydrogen-bond donors (Lipinski definition) is 0. The predicted molar refractivity (Wildman–Crippen MR) is 35.1 cm³/mol. The van der Waals surface area contributed by atoms with Crippen molar-refractivity contribution in [1.82, 2.24) is 4.90 Å². The zero-order chi connectivity index (χ0) is 6.69. The molecule has 2 nitrogen and oxygen atoms in total. The van der Waals surface area contributed by atoms with Gasteiger partial charge in [-0.1, -0.05) is 5.92 Å². The molecule has 0 amide bonds. The Morgan fingerprint density at radius 1 is 1.40 bits per heavy atom. The standard InChI is InChI=1S/C7H14NO.K/c1-8-4-2-7(6-9)3-5-8;/h7H,2-6H2,1H3;/q-1;+1. The Hall–Kier alpha value is 1.56. The molecule has 1 rings (SSSR count). The van der Waals surface area contributed by atoms with E-state index in [4.69, 9.17) is 0 Å². The molecular formula is C7H14KNO. The van der Waals surface area contributed by atoms with Crippen molar-refractivity contribution in [3.63, 3.8) is 0 Å². The molecule has 0 bridgehead atoms. The molecule has 1 aliphatic rings. The van der Waals surface area contributed by atoms with Crippen molar-refractivity contribution in [1.29, 1.82) is 0 Å². The first-order chi connectivity index (χ1) is 4.33. The van der Waals surface area contributed by atoms with E-state index in [1.54, 1.807) is 0 Å². The summed E-state index contributed by atoms with van der Waals surface area (Å²) in [6.07, 6.45) is 2.22. The fourth-order valence-electron chi connectivity index (χ4n) is 1.23. The van der Waals surface area contributed by atoms with E-state index in [1.807, 2.05) is 0 Å². The van der Waals surface area contributed by atoms with Crippen LogP contribution in [0, 0.1) is 5.92 Å². The van der Waals surface area contributed by atoms with Crippen molar-refractivity contribution in [3.05, 3.63) is 0 Å². The summed E-state index contributed by atoms with van der Waals surface area (Å²) >= 11 is 0. The molecule has 1 aliphatic heterocycles. The minimum Gasteiger partial charge on any atom is -0.854 e. The van der Waals surface area contributed by atoms with Gasteiger partial charge in [-0.05, 0) is 33.0 Å². The average Bonchev–Trinajstić information content (AvgIpc) is 1.90. The van der Waals surface area contributed by atoms with Crippen molar-refractivity contribution >= 4 is 0 Å². The Morgan fingerprint density at radius 3 is 2.30 bits per heavy atom. The molecule has 1 fully saturated rings. The molecule has 0 aromatic carbocycles. The fraction of sp³-hybridized carbons (Fsp3) is 1.00. The summed E-state index contributed by atoms with van der Waals surface area (Å²) in [6, 6.07) is 0. The van der Waals surface area contributed by atoms with Crippen LogP contribution in [0.5, 0.6) is 0 Å². The molecule has 0 saturated carbocycles. The molecule has 10 heavy (non-hydrogen) atoms. The maximum Gasteiger partial charge on any atom is 1.00 e. The zero-order valence-corrected chi connectivity index (χ0v) is 10.1. The van der Waals surface area contributed by atoms with Crippen LogP contribution in [0.25, 0.3) is 0 Å². The van der Waals surface area contributed by atoms with Crippen LogP contribution in [-0.2, 0) is 0 Å². The third-order valence-electron chi connectivity index (χ3n) is 2.07. The third-order valence-corrected chi connectivity index (χ3v) is 2.07. The fourth-order valence-corrected chi connectivity index (χ4v) is 1.23. The summed E-state index contributed by atoms with van der Waals surface area (Å²) in [6.45, 7) is 2.37. The molecular weight excluding hydrogens is 153 g/mol. The van der Waals surface area contributed by atoms with Gasteiger partial charge in [0.2, 0.25) is 0 Å². The smallest absolute Gasteiger partial charge is 0.854 e. The third kappa shape index (κ3) is 3.81. The molecule has 0 aromatic heterocycles. The second kappa shape index (κ2) is 6.11. The van der Waals surface area contributed by atoms with Gasteiger partial charge in [0.15, 0.2) is 0 Å². The van der Waals surface area contributed by atoms with Gasteiger partial charge >= 0.3 is 51.4 Å². The normalized spacial score (nSPS) is 22.2. The first-order valence-corrected chi connectivity index (χ1v) is 3.59. The Kier molecular flexibility index (Phi) is 7.07. The Morgan fingerprint density at radius 2 is 1.90 bits per heavy atom. The van der Waals surface area contributed by atoms with E-state index in [2.05, 4.69) is 11.9 Å². The second-order valence-electron chi connectivity index (χ2n) is 2.91. The topological polar surface area (TPSA) is 26.3 Å². The van der Waals surface area contributed by atoms with E-state index >= 15 is 0 Å². The van der Waals surface area contributed by atoms with Gasteiger partial charge in [-0.15, -0.1) is 6.61 Å². The van der Waals surface area contributed by atoms with Gasteiger partial charge in [-0.3, -0.25) is 0 Å². The Labute approximate surface area is 105 Å². The van der Waals surface area contributed by atoms with Crippen LogP contribution in [0.4, 0.5) is 0 Å². The van der Waals surface area contributed by atoms with E-state index in [0.29, 0.717) is 5.92 Å². The molecule has 1 heterocycles. The van der Waals surface area contributed by atoms with Crippen LogP contribution >= 0.6 is 0 Å². The molecule has 0 aromatic rings. The maximum atomic E-state index is 10.4. The molecule has 3 heteroatoms. The second-order valence-corrected chi connectivity index (χ2v) is 2.91. The van der Waals surface area contributed by atoms with Gasteiger partial charge in [0.05, 0.1) is 0 Å². The van der Waals surface area contributed by atoms with Crippen molar-refractivity contribution in [2.24, 2.45) is 5.92 Å². The zero-order valence-electron chi connectivity index (χ0n) is 6.97. The molecule has 0 unspecified atom stereocenters. The first-order valence-electron chi connectivity index (χ1n) is 3.59. The molecule has 0 spiro atoms. The van der Waals surface area contributed by atoms with Crippen molar-refractivity contribution < 1.29 is 56.5 Å². The largest absolute Gasteiger partial charge is 1.00 e. The SMILES string of the molecule is CN1CCC(C[O-])CC1.[K+]. The van der Waals surface area contributed by atoms with Gasteiger partial charge in [0, 0.05) is 0 Å².